The summed E-state index contributed by atoms with van der Waals surface area (Å²) in [6, 6.07) is 15.5. The van der Waals surface area contributed by atoms with Gasteiger partial charge in [-0.2, -0.15) is 14.0 Å². The number of benzene rings is 2. The van der Waals surface area contributed by atoms with Crippen molar-refractivity contribution in [3.63, 3.8) is 0 Å². The standard InChI is InChI=1S/C20H13F2N5OS/c21-19(22)26-10-9-24-17(26)12-29-20-25-16-4-2-1-3-15(16)18(28)27(20)14-7-5-13(11-23)6-8-14/h1-10,19H,12H2. The lowest BCUT2D eigenvalue weighted by molar-refractivity contribution is 0.0678. The van der Waals surface area contributed by atoms with E-state index in [9.17, 15) is 13.6 Å². The average Bonchev–Trinajstić information content (AvgIpc) is 3.22. The van der Waals surface area contributed by atoms with Gasteiger partial charge in [0.2, 0.25) is 0 Å². The SMILES string of the molecule is N#Cc1ccc(-n2c(SCc3nccn3C(F)F)nc3ccccc3c2=O)cc1. The Balaban J connectivity index is 1.82. The third-order valence-electron chi connectivity index (χ3n) is 4.29. The number of alkyl halides is 2. The minimum Gasteiger partial charge on any atom is -0.277 e. The summed E-state index contributed by atoms with van der Waals surface area (Å²) >= 11 is 1.14. The molecule has 144 valence electrons. The van der Waals surface area contributed by atoms with E-state index in [1.807, 2.05) is 6.07 Å². The lowest BCUT2D eigenvalue weighted by Crippen LogP contribution is -2.21. The second-order valence-corrected chi connectivity index (χ2v) is 6.97. The first-order chi connectivity index (χ1) is 14.1. The molecule has 0 aliphatic heterocycles. The summed E-state index contributed by atoms with van der Waals surface area (Å²) in [5.74, 6) is 0.289. The molecule has 0 spiro atoms. The van der Waals surface area contributed by atoms with Crippen LogP contribution in [0.1, 0.15) is 17.9 Å². The van der Waals surface area contributed by atoms with Gasteiger partial charge >= 0.3 is 6.55 Å². The summed E-state index contributed by atoms with van der Waals surface area (Å²) in [5, 5.41) is 9.79. The van der Waals surface area contributed by atoms with Gasteiger partial charge in [-0.3, -0.25) is 13.9 Å². The zero-order valence-corrected chi connectivity index (χ0v) is 15.7. The van der Waals surface area contributed by atoms with Crippen molar-refractivity contribution < 1.29 is 8.78 Å². The Morgan fingerprint density at radius 3 is 2.62 bits per heavy atom. The molecule has 0 aliphatic carbocycles. The van der Waals surface area contributed by atoms with Gasteiger partial charge in [0.05, 0.1) is 34.0 Å². The molecule has 0 bridgehead atoms. The molecule has 0 N–H and O–H groups in total. The first-order valence-electron chi connectivity index (χ1n) is 8.53. The molecule has 0 saturated heterocycles. The molecule has 0 amide bonds. The van der Waals surface area contributed by atoms with Gasteiger partial charge in [0.1, 0.15) is 5.82 Å². The highest BCUT2D eigenvalue weighted by atomic mass is 32.2. The summed E-state index contributed by atoms with van der Waals surface area (Å²) < 4.78 is 28.4. The Hall–Kier alpha value is -3.51. The fourth-order valence-electron chi connectivity index (χ4n) is 2.88. The maximum atomic E-state index is 13.1. The Morgan fingerprint density at radius 1 is 1.14 bits per heavy atom. The summed E-state index contributed by atoms with van der Waals surface area (Å²) in [7, 11) is 0. The molecule has 2 aromatic carbocycles. The Morgan fingerprint density at radius 2 is 1.90 bits per heavy atom. The maximum Gasteiger partial charge on any atom is 0.319 e. The second kappa shape index (κ2) is 7.85. The fraction of sp³-hybridized carbons (Fsp3) is 0.100. The van der Waals surface area contributed by atoms with E-state index in [4.69, 9.17) is 5.26 Å². The number of hydrogen-bond acceptors (Lipinski definition) is 5. The molecule has 0 aliphatic rings. The van der Waals surface area contributed by atoms with Crippen molar-refractivity contribution in [2.75, 3.05) is 0 Å². The van der Waals surface area contributed by atoms with Gasteiger partial charge < -0.3 is 0 Å². The number of imidazole rings is 1. The molecule has 0 saturated carbocycles. The first kappa shape index (κ1) is 18.8. The van der Waals surface area contributed by atoms with Crippen molar-refractivity contribution in [1.29, 1.82) is 5.26 Å². The van der Waals surface area contributed by atoms with E-state index in [0.29, 0.717) is 27.3 Å². The molecule has 2 aromatic heterocycles. The molecular weight excluding hydrogens is 396 g/mol. The zero-order chi connectivity index (χ0) is 20.4. The molecule has 0 radical (unpaired) electrons. The van der Waals surface area contributed by atoms with Crippen LogP contribution in [0.4, 0.5) is 8.78 Å². The van der Waals surface area contributed by atoms with Crippen molar-refractivity contribution in [2.45, 2.75) is 17.5 Å². The topological polar surface area (TPSA) is 76.5 Å². The van der Waals surface area contributed by atoms with Crippen LogP contribution in [-0.4, -0.2) is 19.1 Å². The van der Waals surface area contributed by atoms with Gasteiger partial charge in [0, 0.05) is 12.4 Å². The molecule has 9 heteroatoms. The first-order valence-corrected chi connectivity index (χ1v) is 9.52. The lowest BCUT2D eigenvalue weighted by Gasteiger charge is -2.13. The van der Waals surface area contributed by atoms with E-state index in [2.05, 4.69) is 9.97 Å². The van der Waals surface area contributed by atoms with Crippen molar-refractivity contribution in [1.82, 2.24) is 19.1 Å². The molecule has 0 fully saturated rings. The molecule has 29 heavy (non-hydrogen) atoms. The Labute approximate surface area is 168 Å². The van der Waals surface area contributed by atoms with Crippen LogP contribution in [0, 0.1) is 11.3 Å². The highest BCUT2D eigenvalue weighted by molar-refractivity contribution is 7.98. The lowest BCUT2D eigenvalue weighted by atomic mass is 10.2. The predicted molar refractivity (Wildman–Crippen MR) is 105 cm³/mol. The van der Waals surface area contributed by atoms with Crippen LogP contribution >= 0.6 is 11.8 Å². The van der Waals surface area contributed by atoms with Crippen LogP contribution in [-0.2, 0) is 5.75 Å². The number of nitrogens with zero attached hydrogens (tertiary/aromatic N) is 5. The van der Waals surface area contributed by atoms with Crippen molar-refractivity contribution in [3.05, 3.63) is 82.7 Å². The summed E-state index contributed by atoms with van der Waals surface area (Å²) in [6.07, 6.45) is 2.52. The van der Waals surface area contributed by atoms with Crippen molar-refractivity contribution in [3.8, 4) is 11.8 Å². The normalized spacial score (nSPS) is 11.1. The van der Waals surface area contributed by atoms with Crippen LogP contribution in [0.25, 0.3) is 16.6 Å². The van der Waals surface area contributed by atoms with Crippen LogP contribution in [0.15, 0.2) is 70.9 Å². The number of fused-ring (bicyclic) bond motifs is 1. The van der Waals surface area contributed by atoms with Gasteiger partial charge in [0.25, 0.3) is 5.56 Å². The third-order valence-corrected chi connectivity index (χ3v) is 5.22. The van der Waals surface area contributed by atoms with Crippen molar-refractivity contribution >= 4 is 22.7 Å². The summed E-state index contributed by atoms with van der Waals surface area (Å²) in [4.78, 5) is 21.7. The number of hydrogen-bond donors (Lipinski definition) is 0. The van der Waals surface area contributed by atoms with Gasteiger partial charge in [0.15, 0.2) is 5.16 Å². The summed E-state index contributed by atoms with van der Waals surface area (Å²) in [5.41, 5.74) is 1.23. The Bertz CT molecular complexity index is 1270. The van der Waals surface area contributed by atoms with Crippen LogP contribution in [0.2, 0.25) is 0 Å². The number of nitriles is 1. The zero-order valence-electron chi connectivity index (χ0n) is 14.9. The van der Waals surface area contributed by atoms with Crippen molar-refractivity contribution in [2.24, 2.45) is 0 Å². The third kappa shape index (κ3) is 3.62. The summed E-state index contributed by atoms with van der Waals surface area (Å²) in [6.45, 7) is -2.70. The smallest absolute Gasteiger partial charge is 0.277 e. The molecule has 4 aromatic rings. The van der Waals surface area contributed by atoms with E-state index in [1.165, 1.54) is 17.0 Å². The van der Waals surface area contributed by atoms with E-state index in [-0.39, 0.29) is 17.1 Å². The monoisotopic (exact) mass is 409 g/mol. The van der Waals surface area contributed by atoms with E-state index >= 15 is 0 Å². The molecule has 6 nitrogen and oxygen atoms in total. The van der Waals surface area contributed by atoms with E-state index in [0.717, 1.165) is 16.3 Å². The van der Waals surface area contributed by atoms with E-state index < -0.39 is 6.55 Å². The largest absolute Gasteiger partial charge is 0.319 e. The molecular formula is C20H13F2N5OS. The number of aromatic nitrogens is 4. The van der Waals surface area contributed by atoms with E-state index in [1.54, 1.807) is 48.5 Å². The molecule has 4 rings (SSSR count). The quantitative estimate of drug-likeness (QED) is 0.366. The fourth-order valence-corrected chi connectivity index (χ4v) is 3.85. The van der Waals surface area contributed by atoms with Gasteiger partial charge in [-0.25, -0.2) is 9.97 Å². The van der Waals surface area contributed by atoms with Gasteiger partial charge in [-0.05, 0) is 36.4 Å². The second-order valence-electron chi connectivity index (χ2n) is 6.03. The van der Waals surface area contributed by atoms with Gasteiger partial charge in [-0.15, -0.1) is 0 Å². The minimum atomic E-state index is -2.70. The minimum absolute atomic E-state index is 0.110. The molecule has 0 atom stereocenters. The number of rotatable bonds is 5. The number of thioether (sulfide) groups is 1. The van der Waals surface area contributed by atoms with Crippen LogP contribution in [0.3, 0.4) is 0 Å². The Kier molecular flexibility index (Phi) is 5.10. The molecule has 2 heterocycles. The van der Waals surface area contributed by atoms with Crippen LogP contribution in [0.5, 0.6) is 0 Å². The predicted octanol–water partition coefficient (Wildman–Crippen LogP) is 4.14. The number of para-hydroxylation sites is 1. The number of halogens is 2. The molecule has 0 unspecified atom stereocenters. The highest BCUT2D eigenvalue weighted by Gasteiger charge is 2.16. The highest BCUT2D eigenvalue weighted by Crippen LogP contribution is 2.25. The maximum absolute atomic E-state index is 13.1. The average molecular weight is 409 g/mol. The van der Waals surface area contributed by atoms with Crippen LogP contribution < -0.4 is 5.56 Å². The van der Waals surface area contributed by atoms with Gasteiger partial charge in [-0.1, -0.05) is 23.9 Å².